The maximum absolute atomic E-state index is 12.2. The number of ether oxygens (including phenoxy) is 1. The number of H-pyrrole nitrogens is 1. The van der Waals surface area contributed by atoms with Crippen molar-refractivity contribution in [1.82, 2.24) is 19.9 Å². The maximum atomic E-state index is 12.2. The van der Waals surface area contributed by atoms with E-state index in [0.717, 1.165) is 11.1 Å². The Kier molecular flexibility index (Phi) is 5.13. The predicted octanol–water partition coefficient (Wildman–Crippen LogP) is 2.01. The number of fused-ring (bicyclic) bond motifs is 1. The number of anilines is 2. The molecular formula is C18H21N5O3. The summed E-state index contributed by atoms with van der Waals surface area (Å²) in [6.45, 7) is 5.95. The summed E-state index contributed by atoms with van der Waals surface area (Å²) in [6.07, 6.45) is 0.262. The molecule has 0 aliphatic rings. The van der Waals surface area contributed by atoms with Crippen LogP contribution in [0.2, 0.25) is 0 Å². The number of benzene rings is 1. The van der Waals surface area contributed by atoms with E-state index < -0.39 is 0 Å². The fourth-order valence-corrected chi connectivity index (χ4v) is 2.79. The van der Waals surface area contributed by atoms with E-state index in [0.29, 0.717) is 35.1 Å². The number of nitrogens with zero attached hydrogens (tertiary/aromatic N) is 3. The van der Waals surface area contributed by atoms with Crippen LogP contribution in [0.1, 0.15) is 23.9 Å². The second-order valence-electron chi connectivity index (χ2n) is 5.80. The molecule has 0 fully saturated rings. The third-order valence-corrected chi connectivity index (χ3v) is 3.99. The van der Waals surface area contributed by atoms with Crippen molar-refractivity contribution in [1.29, 1.82) is 0 Å². The van der Waals surface area contributed by atoms with Crippen molar-refractivity contribution in [3.8, 4) is 5.75 Å². The lowest BCUT2D eigenvalue weighted by atomic mass is 10.2. The molecule has 3 aromatic rings. The van der Waals surface area contributed by atoms with E-state index in [1.54, 1.807) is 6.92 Å². The molecule has 0 aliphatic carbocycles. The Morgan fingerprint density at radius 1 is 1.19 bits per heavy atom. The average molecular weight is 355 g/mol. The number of aromatic amines is 1. The smallest absolute Gasteiger partial charge is 0.255 e. The van der Waals surface area contributed by atoms with E-state index in [1.807, 2.05) is 32.0 Å². The first-order valence-corrected chi connectivity index (χ1v) is 8.41. The molecule has 8 heteroatoms. The predicted molar refractivity (Wildman–Crippen MR) is 99.1 cm³/mol. The molecule has 2 heterocycles. The van der Waals surface area contributed by atoms with E-state index in [-0.39, 0.29) is 24.5 Å². The van der Waals surface area contributed by atoms with Crippen molar-refractivity contribution in [3.63, 3.8) is 0 Å². The van der Waals surface area contributed by atoms with Gasteiger partial charge in [0.25, 0.3) is 5.56 Å². The largest absolute Gasteiger partial charge is 0.492 e. The monoisotopic (exact) mass is 355 g/mol. The van der Waals surface area contributed by atoms with Crippen molar-refractivity contribution in [2.45, 2.75) is 27.2 Å². The van der Waals surface area contributed by atoms with Gasteiger partial charge in [-0.1, -0.05) is 12.1 Å². The average Bonchev–Trinajstić information content (AvgIpc) is 2.59. The van der Waals surface area contributed by atoms with Crippen LogP contribution in [-0.2, 0) is 6.42 Å². The molecule has 8 nitrogen and oxygen atoms in total. The van der Waals surface area contributed by atoms with Crippen LogP contribution in [-0.4, -0.2) is 38.3 Å². The van der Waals surface area contributed by atoms with Crippen molar-refractivity contribution < 1.29 is 9.84 Å². The molecule has 0 aliphatic heterocycles. The molecule has 0 saturated carbocycles. The standard InChI is InChI=1S/C18H21N5O3/c1-4-26-14-7-5-6-12-10(2)19-17(21-15(12)14)23-18-20-11(3)13(8-9-24)16(25)22-18/h5-7,24H,4,8-9H2,1-3H3,(H2,19,20,21,22,23,25). The zero-order valence-electron chi connectivity index (χ0n) is 15.0. The molecule has 0 saturated heterocycles. The fraction of sp³-hybridized carbons (Fsp3) is 0.333. The lowest BCUT2D eigenvalue weighted by Crippen LogP contribution is -2.19. The molecule has 136 valence electrons. The SMILES string of the molecule is CCOc1cccc2c(C)nc(Nc3nc(C)c(CCO)c(=O)[nH]3)nc12. The molecule has 1 aromatic carbocycles. The highest BCUT2D eigenvalue weighted by molar-refractivity contribution is 5.87. The molecule has 2 aromatic heterocycles. The summed E-state index contributed by atoms with van der Waals surface area (Å²) >= 11 is 0. The van der Waals surface area contributed by atoms with Gasteiger partial charge in [-0.25, -0.2) is 15.0 Å². The zero-order valence-corrected chi connectivity index (χ0v) is 15.0. The number of aryl methyl sites for hydroxylation is 2. The minimum absolute atomic E-state index is 0.106. The number of hydrogen-bond donors (Lipinski definition) is 3. The molecule has 3 N–H and O–H groups in total. The topological polar surface area (TPSA) is 113 Å². The highest BCUT2D eigenvalue weighted by atomic mass is 16.5. The van der Waals surface area contributed by atoms with Gasteiger partial charge in [-0.2, -0.15) is 0 Å². The minimum Gasteiger partial charge on any atom is -0.492 e. The Morgan fingerprint density at radius 2 is 2.00 bits per heavy atom. The van der Waals surface area contributed by atoms with Crippen LogP contribution in [0.15, 0.2) is 23.0 Å². The van der Waals surface area contributed by atoms with Gasteiger partial charge in [0.2, 0.25) is 11.9 Å². The van der Waals surface area contributed by atoms with Crippen LogP contribution in [0, 0.1) is 13.8 Å². The molecule has 0 spiro atoms. The number of hydrogen-bond acceptors (Lipinski definition) is 7. The number of nitrogens with one attached hydrogen (secondary N) is 2. The van der Waals surface area contributed by atoms with E-state index in [9.17, 15) is 4.79 Å². The second kappa shape index (κ2) is 7.49. The van der Waals surface area contributed by atoms with Gasteiger partial charge in [-0.05, 0) is 26.8 Å². The Labute approximate surface area is 150 Å². The van der Waals surface area contributed by atoms with Gasteiger partial charge in [0.05, 0.1) is 18.0 Å². The van der Waals surface area contributed by atoms with Gasteiger partial charge in [-0.3, -0.25) is 15.1 Å². The first kappa shape index (κ1) is 17.8. The lowest BCUT2D eigenvalue weighted by molar-refractivity contribution is 0.298. The van der Waals surface area contributed by atoms with Gasteiger partial charge < -0.3 is 9.84 Å². The first-order valence-electron chi connectivity index (χ1n) is 8.41. The molecule has 0 radical (unpaired) electrons. The molecule has 0 atom stereocenters. The normalized spacial score (nSPS) is 10.9. The second-order valence-corrected chi connectivity index (χ2v) is 5.80. The summed E-state index contributed by atoms with van der Waals surface area (Å²) in [5, 5.41) is 12.9. The summed E-state index contributed by atoms with van der Waals surface area (Å²) in [4.78, 5) is 28.1. The first-order chi connectivity index (χ1) is 12.5. The molecule has 3 rings (SSSR count). The summed E-state index contributed by atoms with van der Waals surface area (Å²) < 4.78 is 5.65. The van der Waals surface area contributed by atoms with Crippen LogP contribution in [0.25, 0.3) is 10.9 Å². The molecular weight excluding hydrogens is 334 g/mol. The van der Waals surface area contributed by atoms with Crippen LogP contribution < -0.4 is 15.6 Å². The number of aliphatic hydroxyl groups excluding tert-OH is 1. The van der Waals surface area contributed by atoms with E-state index in [1.165, 1.54) is 0 Å². The van der Waals surface area contributed by atoms with Gasteiger partial charge in [0, 0.05) is 24.0 Å². The van der Waals surface area contributed by atoms with Crippen LogP contribution in [0.5, 0.6) is 5.75 Å². The van der Waals surface area contributed by atoms with Crippen LogP contribution in [0.4, 0.5) is 11.9 Å². The third kappa shape index (κ3) is 3.50. The van der Waals surface area contributed by atoms with Gasteiger partial charge >= 0.3 is 0 Å². The Morgan fingerprint density at radius 3 is 2.69 bits per heavy atom. The zero-order chi connectivity index (χ0) is 18.7. The van der Waals surface area contributed by atoms with Crippen molar-refractivity contribution >= 4 is 22.8 Å². The highest BCUT2D eigenvalue weighted by Crippen LogP contribution is 2.27. The molecule has 0 unspecified atom stereocenters. The number of rotatable bonds is 6. The summed E-state index contributed by atoms with van der Waals surface area (Å²) in [6, 6.07) is 5.69. The van der Waals surface area contributed by atoms with Crippen LogP contribution >= 0.6 is 0 Å². The Bertz CT molecular complexity index is 1000. The molecule has 0 amide bonds. The van der Waals surface area contributed by atoms with Crippen LogP contribution in [0.3, 0.4) is 0 Å². The van der Waals surface area contributed by atoms with Gasteiger partial charge in [0.15, 0.2) is 0 Å². The summed E-state index contributed by atoms with van der Waals surface area (Å²) in [5.74, 6) is 1.25. The quantitative estimate of drug-likeness (QED) is 0.620. The van der Waals surface area contributed by atoms with Crippen molar-refractivity contribution in [2.24, 2.45) is 0 Å². The van der Waals surface area contributed by atoms with Crippen molar-refractivity contribution in [2.75, 3.05) is 18.5 Å². The maximum Gasteiger partial charge on any atom is 0.255 e. The van der Waals surface area contributed by atoms with Gasteiger partial charge in [0.1, 0.15) is 11.3 Å². The Hall–Kier alpha value is -3.00. The van der Waals surface area contributed by atoms with E-state index >= 15 is 0 Å². The van der Waals surface area contributed by atoms with Gasteiger partial charge in [-0.15, -0.1) is 0 Å². The number of aromatic nitrogens is 4. The fourth-order valence-electron chi connectivity index (χ4n) is 2.79. The molecule has 0 bridgehead atoms. The van der Waals surface area contributed by atoms with Crippen molar-refractivity contribution in [3.05, 3.63) is 45.5 Å². The van der Waals surface area contributed by atoms with E-state index in [2.05, 4.69) is 25.3 Å². The Balaban J connectivity index is 2.01. The highest BCUT2D eigenvalue weighted by Gasteiger charge is 2.12. The minimum atomic E-state index is -0.290. The summed E-state index contributed by atoms with van der Waals surface area (Å²) in [5.41, 5.74) is 2.21. The van der Waals surface area contributed by atoms with E-state index in [4.69, 9.17) is 9.84 Å². The lowest BCUT2D eigenvalue weighted by Gasteiger charge is -2.11. The number of aliphatic hydroxyl groups is 1. The third-order valence-electron chi connectivity index (χ3n) is 3.99. The molecule has 26 heavy (non-hydrogen) atoms. The summed E-state index contributed by atoms with van der Waals surface area (Å²) in [7, 11) is 0. The number of para-hydroxylation sites is 1.